The molecule has 1 fully saturated rings. The van der Waals surface area contributed by atoms with Crippen LogP contribution in [0.4, 0.5) is 0 Å². The van der Waals surface area contributed by atoms with Gasteiger partial charge in [0, 0.05) is 36.0 Å². The first-order valence-corrected chi connectivity index (χ1v) is 21.7. The molecule has 0 saturated heterocycles. The van der Waals surface area contributed by atoms with Gasteiger partial charge in [0.1, 0.15) is 28.6 Å². The molecule has 1 aliphatic heterocycles. The number of aliphatic hydroxyl groups excluding tert-OH is 2. The maximum absolute atomic E-state index is 11.9. The standard InChI is InChI=1S/C49H57NO8S/c1-6-25-55-49-45(59-38-20-17-32-13-7-8-14-33(32)27-38)30-42(50-58-48(2,3)4)40-28-34(15-9-11-23-51)39(16-10-12-24-52)46(47(40)49)41-29-37(19-22-44(41)57-49)56-36-18-21-43(54-5)35(26-36)31-53/h6-8,13-14,17-22,26-29,31,34,39,45-47,51-52H,1,9-12,15-16,23-25,30H2,2-5H3. The molecule has 4 aromatic carbocycles. The number of benzene rings is 4. The number of methoxy groups -OCH3 is 1. The summed E-state index contributed by atoms with van der Waals surface area (Å²) in [4.78, 5) is 19.3. The van der Waals surface area contributed by atoms with Crippen LogP contribution in [0.25, 0.3) is 10.8 Å². The van der Waals surface area contributed by atoms with Crippen molar-refractivity contribution in [1.29, 1.82) is 0 Å². The summed E-state index contributed by atoms with van der Waals surface area (Å²) < 4.78 is 26.4. The van der Waals surface area contributed by atoms with Gasteiger partial charge < -0.3 is 34.0 Å². The SMILES string of the molecule is C=CCOC12Oc3ccc(Oc4ccc(OC)c(C=O)c4)cc3C3C(CCCCO)C(CCCCO)C=C(C(=NOC(C)(C)C)CC1Sc1ccc4ccccc4c1)C32. The topological polar surface area (TPSA) is 116 Å². The van der Waals surface area contributed by atoms with Crippen LogP contribution in [-0.4, -0.2) is 65.8 Å². The van der Waals surface area contributed by atoms with Gasteiger partial charge in [-0.2, -0.15) is 0 Å². The highest BCUT2D eigenvalue weighted by atomic mass is 32.2. The van der Waals surface area contributed by atoms with Crippen molar-refractivity contribution in [3.05, 3.63) is 114 Å². The van der Waals surface area contributed by atoms with Crippen LogP contribution in [0.2, 0.25) is 0 Å². The highest BCUT2D eigenvalue weighted by Crippen LogP contribution is 2.63. The third kappa shape index (κ3) is 9.26. The maximum atomic E-state index is 11.9. The van der Waals surface area contributed by atoms with Crippen molar-refractivity contribution in [3.8, 4) is 23.0 Å². The van der Waals surface area contributed by atoms with Crippen LogP contribution >= 0.6 is 11.8 Å². The van der Waals surface area contributed by atoms with Crippen LogP contribution in [0.1, 0.15) is 87.6 Å². The molecule has 4 aromatic rings. The normalized spacial score (nSPS) is 24.1. The Morgan fingerprint density at radius 3 is 2.41 bits per heavy atom. The van der Waals surface area contributed by atoms with Gasteiger partial charge in [-0.1, -0.05) is 60.5 Å². The quantitative estimate of drug-likeness (QED) is 0.0438. The molecule has 0 amide bonds. The summed E-state index contributed by atoms with van der Waals surface area (Å²) in [6, 6.07) is 26.1. The third-order valence-corrected chi connectivity index (χ3v) is 12.9. The molecule has 7 rings (SSSR count). The van der Waals surface area contributed by atoms with E-state index in [9.17, 15) is 15.0 Å². The first kappa shape index (κ1) is 42.5. The molecule has 1 saturated carbocycles. The molecule has 2 N–H and O–H groups in total. The minimum absolute atomic E-state index is 0.105. The van der Waals surface area contributed by atoms with Crippen LogP contribution < -0.4 is 14.2 Å². The van der Waals surface area contributed by atoms with E-state index in [1.165, 1.54) is 12.5 Å². The Balaban J connectivity index is 1.42. The van der Waals surface area contributed by atoms with Gasteiger partial charge >= 0.3 is 0 Å². The number of carbonyl (C=O) groups is 1. The second-order valence-corrected chi connectivity index (χ2v) is 18.0. The minimum atomic E-state index is -1.13. The molecule has 312 valence electrons. The molecule has 3 aliphatic rings. The van der Waals surface area contributed by atoms with Gasteiger partial charge in [-0.3, -0.25) is 4.79 Å². The summed E-state index contributed by atoms with van der Waals surface area (Å²) >= 11 is 1.74. The monoisotopic (exact) mass is 819 g/mol. The molecule has 0 bridgehead atoms. The van der Waals surface area contributed by atoms with E-state index in [0.29, 0.717) is 42.1 Å². The van der Waals surface area contributed by atoms with Crippen LogP contribution in [-0.2, 0) is 9.57 Å². The number of oxime groups is 1. The molecule has 59 heavy (non-hydrogen) atoms. The van der Waals surface area contributed by atoms with Crippen LogP contribution in [0, 0.1) is 17.8 Å². The lowest BCUT2D eigenvalue weighted by molar-refractivity contribution is -0.223. The highest BCUT2D eigenvalue weighted by molar-refractivity contribution is 8.00. The Morgan fingerprint density at radius 1 is 0.932 bits per heavy atom. The molecular formula is C49H57NO8S. The molecule has 1 heterocycles. The minimum Gasteiger partial charge on any atom is -0.496 e. The number of ether oxygens (including phenoxy) is 4. The number of aliphatic hydroxyl groups is 2. The number of fused-ring (bicyclic) bond motifs is 3. The fourth-order valence-corrected chi connectivity index (χ4v) is 10.4. The van der Waals surface area contributed by atoms with Gasteiger partial charge in [-0.25, -0.2) is 0 Å². The van der Waals surface area contributed by atoms with E-state index >= 15 is 0 Å². The van der Waals surface area contributed by atoms with Crippen molar-refractivity contribution in [3.63, 3.8) is 0 Å². The average Bonchev–Trinajstić information content (AvgIpc) is 3.23. The first-order valence-electron chi connectivity index (χ1n) is 20.8. The molecule has 0 aromatic heterocycles. The predicted molar refractivity (Wildman–Crippen MR) is 234 cm³/mol. The molecular weight excluding hydrogens is 763 g/mol. The Labute approximate surface area is 352 Å². The van der Waals surface area contributed by atoms with E-state index in [-0.39, 0.29) is 48.7 Å². The van der Waals surface area contributed by atoms with E-state index in [1.807, 2.05) is 32.9 Å². The summed E-state index contributed by atoms with van der Waals surface area (Å²) in [5, 5.41) is 26.9. The predicted octanol–water partition coefficient (Wildman–Crippen LogP) is 10.7. The zero-order chi connectivity index (χ0) is 41.6. The van der Waals surface area contributed by atoms with Crippen LogP contribution in [0.5, 0.6) is 23.0 Å². The Morgan fingerprint density at radius 2 is 1.68 bits per heavy atom. The van der Waals surface area contributed by atoms with E-state index in [1.54, 1.807) is 36.0 Å². The smallest absolute Gasteiger partial charge is 0.231 e. The fourth-order valence-electron chi connectivity index (χ4n) is 9.09. The number of aldehydes is 1. The van der Waals surface area contributed by atoms with E-state index in [2.05, 4.69) is 61.2 Å². The summed E-state index contributed by atoms with van der Waals surface area (Å²) in [6.45, 7) is 10.6. The van der Waals surface area contributed by atoms with Crippen molar-refractivity contribution >= 4 is 34.5 Å². The molecule has 6 unspecified atom stereocenters. The second kappa shape index (κ2) is 18.8. The van der Waals surface area contributed by atoms with Crippen molar-refractivity contribution in [2.45, 2.75) is 93.2 Å². The summed E-state index contributed by atoms with van der Waals surface area (Å²) in [5.74, 6) is 1.07. The number of nitrogens with zero attached hydrogens (tertiary/aromatic N) is 1. The molecule has 0 spiro atoms. The second-order valence-electron chi connectivity index (χ2n) is 16.7. The van der Waals surface area contributed by atoms with Crippen molar-refractivity contribution in [2.24, 2.45) is 22.9 Å². The van der Waals surface area contributed by atoms with Gasteiger partial charge in [-0.05, 0) is 123 Å². The molecule has 0 radical (unpaired) electrons. The Bertz CT molecular complexity index is 2180. The van der Waals surface area contributed by atoms with Gasteiger partial charge in [0.25, 0.3) is 0 Å². The number of unbranched alkanes of at least 4 members (excludes halogenated alkanes) is 2. The molecule has 9 nitrogen and oxygen atoms in total. The number of hydrogen-bond donors (Lipinski definition) is 2. The average molecular weight is 820 g/mol. The number of thioether (sulfide) groups is 1. The van der Waals surface area contributed by atoms with Gasteiger partial charge in [-0.15, -0.1) is 18.3 Å². The lowest BCUT2D eigenvalue weighted by Gasteiger charge is -2.58. The largest absolute Gasteiger partial charge is 0.496 e. The summed E-state index contributed by atoms with van der Waals surface area (Å²) in [5.41, 5.74) is 2.83. The fraction of sp³-hybridized carbons (Fsp3) is 0.429. The molecule has 2 aliphatic carbocycles. The zero-order valence-corrected chi connectivity index (χ0v) is 35.4. The number of carbonyl (C=O) groups excluding carboxylic acids is 1. The Hall–Kier alpha value is -4.61. The number of allylic oxidation sites excluding steroid dienone is 1. The van der Waals surface area contributed by atoms with Crippen molar-refractivity contribution in [2.75, 3.05) is 26.9 Å². The van der Waals surface area contributed by atoms with Gasteiger partial charge in [0.15, 0.2) is 6.29 Å². The summed E-state index contributed by atoms with van der Waals surface area (Å²) in [6.07, 6.45) is 10.4. The van der Waals surface area contributed by atoms with Crippen molar-refractivity contribution in [1.82, 2.24) is 0 Å². The van der Waals surface area contributed by atoms with Crippen LogP contribution in [0.15, 0.2) is 113 Å². The van der Waals surface area contributed by atoms with Crippen molar-refractivity contribution < 1.29 is 38.8 Å². The zero-order valence-electron chi connectivity index (χ0n) is 34.6. The molecule has 6 atom stereocenters. The van der Waals surface area contributed by atoms with Gasteiger partial charge in [0.2, 0.25) is 5.79 Å². The highest BCUT2D eigenvalue weighted by Gasteiger charge is 2.64. The number of rotatable bonds is 18. The van der Waals surface area contributed by atoms with Gasteiger partial charge in [0.05, 0.1) is 36.2 Å². The first-order chi connectivity index (χ1) is 28.6. The lowest BCUT2D eigenvalue weighted by Crippen LogP contribution is -2.64. The van der Waals surface area contributed by atoms with E-state index < -0.39 is 11.4 Å². The number of hydrogen-bond acceptors (Lipinski definition) is 10. The summed E-state index contributed by atoms with van der Waals surface area (Å²) in [7, 11) is 1.54. The lowest BCUT2D eigenvalue weighted by atomic mass is 9.56. The molecule has 10 heteroatoms. The van der Waals surface area contributed by atoms with E-state index in [4.69, 9.17) is 28.9 Å². The third-order valence-electron chi connectivity index (χ3n) is 11.6. The Kier molecular flexibility index (Phi) is 13.5. The van der Waals surface area contributed by atoms with E-state index in [0.717, 1.165) is 64.8 Å². The maximum Gasteiger partial charge on any atom is 0.231 e. The van der Waals surface area contributed by atoms with Crippen LogP contribution in [0.3, 0.4) is 0 Å².